The maximum absolute atomic E-state index is 5.53. The Bertz CT molecular complexity index is 439. The molecule has 0 saturated heterocycles. The third kappa shape index (κ3) is 2.85. The van der Waals surface area contributed by atoms with Gasteiger partial charge in [0.05, 0.1) is 25.0 Å². The second kappa shape index (κ2) is 6.17. The molecule has 2 unspecified atom stereocenters. The highest BCUT2D eigenvalue weighted by molar-refractivity contribution is 5.29. The summed E-state index contributed by atoms with van der Waals surface area (Å²) in [6.07, 6.45) is 6.88. The van der Waals surface area contributed by atoms with E-state index in [0.717, 1.165) is 18.7 Å². The largest absolute Gasteiger partial charge is 0.493 e. The lowest BCUT2D eigenvalue weighted by Gasteiger charge is -2.35. The summed E-state index contributed by atoms with van der Waals surface area (Å²) in [4.78, 5) is 0. The van der Waals surface area contributed by atoms with Gasteiger partial charge in [0.2, 0.25) is 0 Å². The number of nitrogens with one attached hydrogen (secondary N) is 1. The fraction of sp³-hybridized carbons (Fsp3) is 0.812. The van der Waals surface area contributed by atoms with Gasteiger partial charge in [0, 0.05) is 7.05 Å². The zero-order valence-corrected chi connectivity index (χ0v) is 13.6. The average molecular weight is 279 g/mol. The van der Waals surface area contributed by atoms with E-state index in [-0.39, 0.29) is 0 Å². The van der Waals surface area contributed by atoms with Crippen LogP contribution in [0.2, 0.25) is 0 Å². The van der Waals surface area contributed by atoms with Crippen molar-refractivity contribution in [3.8, 4) is 5.75 Å². The van der Waals surface area contributed by atoms with Gasteiger partial charge in [-0.1, -0.05) is 27.2 Å². The summed E-state index contributed by atoms with van der Waals surface area (Å²) >= 11 is 0. The van der Waals surface area contributed by atoms with Crippen LogP contribution in [0.5, 0.6) is 5.75 Å². The van der Waals surface area contributed by atoms with E-state index in [9.17, 15) is 0 Å². The Balaban J connectivity index is 2.34. The van der Waals surface area contributed by atoms with Crippen molar-refractivity contribution in [3.05, 3.63) is 11.9 Å². The van der Waals surface area contributed by atoms with Crippen molar-refractivity contribution in [2.45, 2.75) is 52.5 Å². The molecule has 4 nitrogen and oxygen atoms in total. The lowest BCUT2D eigenvalue weighted by Crippen LogP contribution is -2.35. The highest BCUT2D eigenvalue weighted by atomic mass is 16.5. The van der Waals surface area contributed by atoms with Crippen LogP contribution in [-0.4, -0.2) is 23.4 Å². The summed E-state index contributed by atoms with van der Waals surface area (Å²) in [6.45, 7) is 8.04. The third-order valence-electron chi connectivity index (χ3n) is 4.82. The highest BCUT2D eigenvalue weighted by Gasteiger charge is 2.41. The van der Waals surface area contributed by atoms with E-state index in [4.69, 9.17) is 4.74 Å². The van der Waals surface area contributed by atoms with Crippen LogP contribution >= 0.6 is 0 Å². The number of hydrogen-bond acceptors (Lipinski definition) is 3. The Labute approximate surface area is 122 Å². The van der Waals surface area contributed by atoms with Crippen molar-refractivity contribution in [2.24, 2.45) is 18.4 Å². The van der Waals surface area contributed by atoms with Crippen molar-refractivity contribution in [2.75, 3.05) is 13.7 Å². The number of nitrogens with zero attached hydrogens (tertiary/aromatic N) is 2. The number of hydrogen-bond donors (Lipinski definition) is 1. The van der Waals surface area contributed by atoms with Crippen LogP contribution in [0.1, 0.15) is 58.2 Å². The second-order valence-electron chi connectivity index (χ2n) is 6.64. The molecule has 0 aliphatic heterocycles. The summed E-state index contributed by atoms with van der Waals surface area (Å²) in [5.41, 5.74) is 1.57. The summed E-state index contributed by atoms with van der Waals surface area (Å²) in [7, 11) is 3.75. The minimum atomic E-state index is 0.329. The zero-order valence-electron chi connectivity index (χ0n) is 13.6. The maximum Gasteiger partial charge on any atom is 0.161 e. The van der Waals surface area contributed by atoms with Crippen LogP contribution < -0.4 is 10.1 Å². The van der Waals surface area contributed by atoms with E-state index >= 15 is 0 Å². The third-order valence-corrected chi connectivity index (χ3v) is 4.82. The van der Waals surface area contributed by atoms with E-state index in [1.54, 1.807) is 7.11 Å². The summed E-state index contributed by atoms with van der Waals surface area (Å²) in [5.74, 6) is 1.54. The molecule has 1 saturated carbocycles. The fourth-order valence-corrected chi connectivity index (χ4v) is 3.64. The molecular weight excluding hydrogens is 250 g/mol. The topological polar surface area (TPSA) is 39.1 Å². The van der Waals surface area contributed by atoms with Gasteiger partial charge in [0.25, 0.3) is 0 Å². The quantitative estimate of drug-likeness (QED) is 0.868. The van der Waals surface area contributed by atoms with E-state index < -0.39 is 0 Å². The average Bonchev–Trinajstić information content (AvgIpc) is 2.94. The molecule has 20 heavy (non-hydrogen) atoms. The second-order valence-corrected chi connectivity index (χ2v) is 6.64. The molecule has 1 aromatic heterocycles. The first-order chi connectivity index (χ1) is 9.51. The van der Waals surface area contributed by atoms with Crippen LogP contribution in [0.4, 0.5) is 0 Å². The lowest BCUT2D eigenvalue weighted by atomic mass is 9.76. The van der Waals surface area contributed by atoms with Gasteiger partial charge in [0.1, 0.15) is 0 Å². The molecule has 1 heterocycles. The predicted octanol–water partition coefficient (Wildman–Crippen LogP) is 3.30. The van der Waals surface area contributed by atoms with Crippen LogP contribution in [0.25, 0.3) is 0 Å². The molecule has 0 spiro atoms. The molecular formula is C16H29N3O. The minimum Gasteiger partial charge on any atom is -0.493 e. The van der Waals surface area contributed by atoms with Gasteiger partial charge in [0.15, 0.2) is 5.75 Å². The Morgan fingerprint density at radius 3 is 2.85 bits per heavy atom. The molecule has 2 rings (SSSR count). The molecule has 4 heteroatoms. The molecule has 0 bridgehead atoms. The first kappa shape index (κ1) is 15.4. The number of methoxy groups -OCH3 is 1. The van der Waals surface area contributed by atoms with E-state index in [1.165, 1.54) is 25.0 Å². The monoisotopic (exact) mass is 279 g/mol. The predicted molar refractivity (Wildman–Crippen MR) is 81.9 cm³/mol. The molecule has 0 radical (unpaired) electrons. The number of ether oxygens (including phenoxy) is 1. The highest BCUT2D eigenvalue weighted by Crippen LogP contribution is 2.49. The van der Waals surface area contributed by atoms with Crippen molar-refractivity contribution in [1.82, 2.24) is 15.1 Å². The van der Waals surface area contributed by atoms with Gasteiger partial charge >= 0.3 is 0 Å². The molecule has 114 valence electrons. The van der Waals surface area contributed by atoms with E-state index in [1.807, 2.05) is 17.9 Å². The van der Waals surface area contributed by atoms with Gasteiger partial charge in [-0.3, -0.25) is 4.68 Å². The van der Waals surface area contributed by atoms with Gasteiger partial charge in [-0.2, -0.15) is 5.10 Å². The first-order valence-corrected chi connectivity index (χ1v) is 7.80. The van der Waals surface area contributed by atoms with Crippen LogP contribution in [0.15, 0.2) is 6.20 Å². The van der Waals surface area contributed by atoms with E-state index in [0.29, 0.717) is 17.4 Å². The number of aromatic nitrogens is 2. The smallest absolute Gasteiger partial charge is 0.161 e. The summed E-state index contributed by atoms with van der Waals surface area (Å²) in [5, 5.41) is 8.13. The Hall–Kier alpha value is -1.03. The molecule has 0 aromatic carbocycles. The summed E-state index contributed by atoms with van der Waals surface area (Å²) < 4.78 is 7.50. The SMILES string of the molecule is CCCNC(c1c(OC)cnn1C)C1CCCC1(C)C. The Kier molecular flexibility index (Phi) is 4.74. The Morgan fingerprint density at radius 1 is 1.55 bits per heavy atom. The summed E-state index contributed by atoms with van der Waals surface area (Å²) in [6, 6.07) is 0.329. The van der Waals surface area contributed by atoms with Crippen molar-refractivity contribution < 1.29 is 4.74 Å². The molecule has 1 aliphatic carbocycles. The van der Waals surface area contributed by atoms with Crippen LogP contribution in [0, 0.1) is 11.3 Å². The van der Waals surface area contributed by atoms with Gasteiger partial charge in [-0.05, 0) is 37.1 Å². The first-order valence-electron chi connectivity index (χ1n) is 7.80. The fourth-order valence-electron chi connectivity index (χ4n) is 3.64. The Morgan fingerprint density at radius 2 is 2.30 bits per heavy atom. The van der Waals surface area contributed by atoms with Crippen molar-refractivity contribution in [3.63, 3.8) is 0 Å². The molecule has 0 amide bonds. The normalized spacial score (nSPS) is 22.9. The standard InChI is InChI=1S/C16H29N3O/c1-6-10-17-14(12-8-7-9-16(12,2)3)15-13(20-5)11-18-19(15)4/h11-12,14,17H,6-10H2,1-5H3. The molecule has 1 aliphatic rings. The molecule has 1 N–H and O–H groups in total. The van der Waals surface area contributed by atoms with Gasteiger partial charge in [-0.15, -0.1) is 0 Å². The molecule has 1 aromatic rings. The van der Waals surface area contributed by atoms with Crippen molar-refractivity contribution >= 4 is 0 Å². The van der Waals surface area contributed by atoms with E-state index in [2.05, 4.69) is 31.2 Å². The lowest BCUT2D eigenvalue weighted by molar-refractivity contribution is 0.189. The maximum atomic E-state index is 5.53. The molecule has 1 fully saturated rings. The zero-order chi connectivity index (χ0) is 14.8. The van der Waals surface area contributed by atoms with Crippen LogP contribution in [-0.2, 0) is 7.05 Å². The van der Waals surface area contributed by atoms with Crippen molar-refractivity contribution in [1.29, 1.82) is 0 Å². The minimum absolute atomic E-state index is 0.329. The van der Waals surface area contributed by atoms with Gasteiger partial charge < -0.3 is 10.1 Å². The number of rotatable bonds is 6. The van der Waals surface area contributed by atoms with Crippen LogP contribution in [0.3, 0.4) is 0 Å². The van der Waals surface area contributed by atoms with Gasteiger partial charge in [-0.25, -0.2) is 0 Å². The molecule has 2 atom stereocenters. The number of aryl methyl sites for hydroxylation is 1.